The predicted molar refractivity (Wildman–Crippen MR) is 137 cm³/mol. The summed E-state index contributed by atoms with van der Waals surface area (Å²) in [6, 6.07) is 18.5. The van der Waals surface area contributed by atoms with Crippen molar-refractivity contribution in [3.05, 3.63) is 80.9 Å². The molecule has 0 saturated heterocycles. The van der Waals surface area contributed by atoms with Gasteiger partial charge in [0.05, 0.1) is 16.9 Å². The topological polar surface area (TPSA) is 78.5 Å². The van der Waals surface area contributed by atoms with Crippen molar-refractivity contribution in [2.75, 3.05) is 15.5 Å². The van der Waals surface area contributed by atoms with Gasteiger partial charge in [-0.15, -0.1) is 0 Å². The van der Waals surface area contributed by atoms with Gasteiger partial charge in [0.2, 0.25) is 11.8 Å². The van der Waals surface area contributed by atoms with Crippen LogP contribution in [-0.2, 0) is 22.4 Å². The molecule has 6 nitrogen and oxygen atoms in total. The SMILES string of the molecule is O=C1CC(=O)N(c2ccc(NC(=O)c3ccccc3I)cc2)c2ccc3c(c2N1)CCCC3. The summed E-state index contributed by atoms with van der Waals surface area (Å²) in [6.07, 6.45) is 3.87. The van der Waals surface area contributed by atoms with Gasteiger partial charge in [0.25, 0.3) is 5.91 Å². The first-order valence-electron chi connectivity index (χ1n) is 10.9. The number of carbonyl (C=O) groups excluding carboxylic acids is 3. The highest BCUT2D eigenvalue weighted by Crippen LogP contribution is 2.41. The van der Waals surface area contributed by atoms with Gasteiger partial charge >= 0.3 is 0 Å². The quantitative estimate of drug-likeness (QED) is 0.337. The monoisotopic (exact) mass is 551 g/mol. The Morgan fingerprint density at radius 3 is 2.48 bits per heavy atom. The Kier molecular flexibility index (Phi) is 5.88. The second kappa shape index (κ2) is 8.97. The lowest BCUT2D eigenvalue weighted by Crippen LogP contribution is -2.26. The zero-order chi connectivity index (χ0) is 22.9. The number of amides is 3. The minimum atomic E-state index is -0.288. The van der Waals surface area contributed by atoms with Crippen LogP contribution in [0.25, 0.3) is 0 Å². The molecular formula is C26H22IN3O3. The Morgan fingerprint density at radius 1 is 0.939 bits per heavy atom. The van der Waals surface area contributed by atoms with Crippen molar-refractivity contribution in [1.29, 1.82) is 0 Å². The first-order chi connectivity index (χ1) is 16.0. The molecule has 0 unspecified atom stereocenters. The van der Waals surface area contributed by atoms with Crippen molar-refractivity contribution in [2.24, 2.45) is 0 Å². The van der Waals surface area contributed by atoms with Crippen molar-refractivity contribution >= 4 is 63.1 Å². The number of halogens is 1. The maximum absolute atomic E-state index is 13.0. The third-order valence-electron chi connectivity index (χ3n) is 6.08. The third kappa shape index (κ3) is 4.25. The molecule has 1 aliphatic carbocycles. The summed E-state index contributed by atoms with van der Waals surface area (Å²) in [5.74, 6) is -0.757. The number of benzene rings is 3. The molecule has 3 aromatic carbocycles. The average molecular weight is 551 g/mol. The fraction of sp³-hybridized carbons (Fsp3) is 0.192. The number of aryl methyl sites for hydroxylation is 1. The third-order valence-corrected chi connectivity index (χ3v) is 7.02. The zero-order valence-electron chi connectivity index (χ0n) is 17.9. The van der Waals surface area contributed by atoms with E-state index in [-0.39, 0.29) is 24.1 Å². The van der Waals surface area contributed by atoms with Crippen LogP contribution in [0.2, 0.25) is 0 Å². The van der Waals surface area contributed by atoms with Crippen LogP contribution in [0, 0.1) is 3.57 Å². The zero-order valence-corrected chi connectivity index (χ0v) is 20.0. The number of nitrogens with one attached hydrogen (secondary N) is 2. The fourth-order valence-corrected chi connectivity index (χ4v) is 5.13. The van der Waals surface area contributed by atoms with E-state index in [9.17, 15) is 14.4 Å². The highest BCUT2D eigenvalue weighted by molar-refractivity contribution is 14.1. The normalized spacial score (nSPS) is 15.2. The van der Waals surface area contributed by atoms with Crippen molar-refractivity contribution < 1.29 is 14.4 Å². The molecule has 5 rings (SSSR count). The van der Waals surface area contributed by atoms with Crippen LogP contribution in [0.1, 0.15) is 40.7 Å². The van der Waals surface area contributed by atoms with Crippen LogP contribution in [0.5, 0.6) is 0 Å². The summed E-state index contributed by atoms with van der Waals surface area (Å²) in [4.78, 5) is 39.7. The van der Waals surface area contributed by atoms with E-state index in [0.717, 1.165) is 40.5 Å². The second-order valence-corrected chi connectivity index (χ2v) is 9.40. The summed E-state index contributed by atoms with van der Waals surface area (Å²) in [5, 5.41) is 5.89. The molecule has 0 fully saturated rings. The Balaban J connectivity index is 1.47. The van der Waals surface area contributed by atoms with E-state index in [1.165, 1.54) is 5.56 Å². The Bertz CT molecular complexity index is 1270. The molecule has 0 saturated carbocycles. The number of hydrogen-bond donors (Lipinski definition) is 2. The maximum atomic E-state index is 13.0. The lowest BCUT2D eigenvalue weighted by atomic mass is 9.89. The van der Waals surface area contributed by atoms with Gasteiger partial charge in [0.15, 0.2) is 0 Å². The fourth-order valence-electron chi connectivity index (χ4n) is 4.50. The number of anilines is 4. The number of fused-ring (bicyclic) bond motifs is 3. The van der Waals surface area contributed by atoms with Crippen molar-refractivity contribution in [2.45, 2.75) is 32.1 Å². The van der Waals surface area contributed by atoms with E-state index < -0.39 is 0 Å². The molecule has 0 radical (unpaired) electrons. The van der Waals surface area contributed by atoms with E-state index in [1.54, 1.807) is 35.2 Å². The van der Waals surface area contributed by atoms with Crippen LogP contribution in [0.3, 0.4) is 0 Å². The van der Waals surface area contributed by atoms with Gasteiger partial charge in [-0.2, -0.15) is 0 Å². The Hall–Kier alpha value is -3.20. The molecule has 33 heavy (non-hydrogen) atoms. The summed E-state index contributed by atoms with van der Waals surface area (Å²) < 4.78 is 0.872. The van der Waals surface area contributed by atoms with Gasteiger partial charge in [-0.3, -0.25) is 19.3 Å². The van der Waals surface area contributed by atoms with E-state index in [0.29, 0.717) is 22.6 Å². The van der Waals surface area contributed by atoms with E-state index in [2.05, 4.69) is 39.3 Å². The summed E-state index contributed by atoms with van der Waals surface area (Å²) >= 11 is 2.14. The van der Waals surface area contributed by atoms with Gasteiger partial charge in [0.1, 0.15) is 6.42 Å². The lowest BCUT2D eigenvalue weighted by molar-refractivity contribution is -0.124. The number of rotatable bonds is 3. The molecular weight excluding hydrogens is 529 g/mol. The van der Waals surface area contributed by atoms with E-state index >= 15 is 0 Å². The molecule has 2 aliphatic rings. The van der Waals surface area contributed by atoms with Crippen molar-refractivity contribution in [1.82, 2.24) is 0 Å². The molecule has 1 heterocycles. The molecule has 1 aliphatic heterocycles. The van der Waals surface area contributed by atoms with Gasteiger partial charge in [0, 0.05) is 14.9 Å². The van der Waals surface area contributed by atoms with Crippen LogP contribution in [0.4, 0.5) is 22.7 Å². The lowest BCUT2D eigenvalue weighted by Gasteiger charge is -2.26. The second-order valence-electron chi connectivity index (χ2n) is 8.24. The summed E-state index contributed by atoms with van der Waals surface area (Å²) in [5.41, 5.74) is 5.71. The van der Waals surface area contributed by atoms with Crippen LogP contribution >= 0.6 is 22.6 Å². The minimum absolute atomic E-state index is 0.189. The average Bonchev–Trinajstić information content (AvgIpc) is 2.94. The maximum Gasteiger partial charge on any atom is 0.256 e. The van der Waals surface area contributed by atoms with E-state index in [1.807, 2.05) is 24.3 Å². The molecule has 0 spiro atoms. The van der Waals surface area contributed by atoms with Gasteiger partial charge in [-0.05, 0) is 102 Å². The smallest absolute Gasteiger partial charge is 0.256 e. The van der Waals surface area contributed by atoms with Crippen LogP contribution in [-0.4, -0.2) is 17.7 Å². The van der Waals surface area contributed by atoms with Crippen molar-refractivity contribution in [3.63, 3.8) is 0 Å². The number of carbonyl (C=O) groups is 3. The Morgan fingerprint density at radius 2 is 1.70 bits per heavy atom. The van der Waals surface area contributed by atoms with Crippen molar-refractivity contribution in [3.8, 4) is 0 Å². The molecule has 166 valence electrons. The molecule has 3 aromatic rings. The van der Waals surface area contributed by atoms with Gasteiger partial charge < -0.3 is 10.6 Å². The number of nitrogens with zero attached hydrogens (tertiary/aromatic N) is 1. The largest absolute Gasteiger partial charge is 0.324 e. The molecule has 2 N–H and O–H groups in total. The van der Waals surface area contributed by atoms with Crippen LogP contribution in [0.15, 0.2) is 60.7 Å². The molecule has 3 amide bonds. The Labute approximate surface area is 205 Å². The number of hydrogen-bond acceptors (Lipinski definition) is 3. The van der Waals surface area contributed by atoms with E-state index in [4.69, 9.17) is 0 Å². The standard InChI is InChI=1S/C26H22IN3O3/c27-21-8-4-3-7-20(21)26(33)28-17-10-12-18(13-11-17)30-22-14-9-16-5-1-2-6-19(16)25(22)29-23(31)15-24(30)32/h3-4,7-14H,1-2,5-6,15H2,(H,28,33)(H,29,31). The molecule has 0 atom stereocenters. The predicted octanol–water partition coefficient (Wildman–Crippen LogP) is 5.43. The summed E-state index contributed by atoms with van der Waals surface area (Å²) in [7, 11) is 0. The minimum Gasteiger partial charge on any atom is -0.324 e. The molecule has 0 bridgehead atoms. The summed E-state index contributed by atoms with van der Waals surface area (Å²) in [6.45, 7) is 0. The first-order valence-corrected chi connectivity index (χ1v) is 12.0. The molecule has 7 heteroatoms. The highest BCUT2D eigenvalue weighted by atomic mass is 127. The van der Waals surface area contributed by atoms with Gasteiger partial charge in [-0.1, -0.05) is 18.2 Å². The first kappa shape index (κ1) is 21.6. The van der Waals surface area contributed by atoms with Gasteiger partial charge in [-0.25, -0.2) is 0 Å². The molecule has 0 aromatic heterocycles. The highest BCUT2D eigenvalue weighted by Gasteiger charge is 2.30. The van der Waals surface area contributed by atoms with Crippen LogP contribution < -0.4 is 15.5 Å².